The van der Waals surface area contributed by atoms with Gasteiger partial charge in [0.15, 0.2) is 17.5 Å². The van der Waals surface area contributed by atoms with Crippen LogP contribution in [0.15, 0.2) is 170 Å². The molecule has 0 radical (unpaired) electrons. The molecular formula is C46H28N6. The van der Waals surface area contributed by atoms with Crippen LogP contribution in [0.5, 0.6) is 0 Å². The zero-order valence-corrected chi connectivity index (χ0v) is 27.8. The highest BCUT2D eigenvalue weighted by Gasteiger charge is 2.22. The van der Waals surface area contributed by atoms with E-state index in [2.05, 4.69) is 100 Å². The molecule has 0 spiro atoms. The number of aromatic nitrogens is 5. The quantitative estimate of drug-likeness (QED) is 0.184. The van der Waals surface area contributed by atoms with E-state index in [1.807, 2.05) is 84.9 Å². The molecule has 6 heteroatoms. The Morgan fingerprint density at radius 1 is 0.404 bits per heavy atom. The topological polar surface area (TPSA) is 72.3 Å². The largest absolute Gasteiger partial charge is 0.309 e. The van der Waals surface area contributed by atoms with Crippen LogP contribution in [0, 0.1) is 11.3 Å². The van der Waals surface area contributed by atoms with Crippen molar-refractivity contribution in [2.24, 2.45) is 0 Å². The Hall–Kier alpha value is -7.36. The van der Waals surface area contributed by atoms with E-state index in [0.717, 1.165) is 60.9 Å². The van der Waals surface area contributed by atoms with Gasteiger partial charge in [-0.05, 0) is 54.6 Å². The highest BCUT2D eigenvalue weighted by Crippen LogP contribution is 2.42. The lowest BCUT2D eigenvalue weighted by molar-refractivity contribution is 1.07. The molecule has 7 aromatic carbocycles. The molecule has 0 saturated carbocycles. The molecule has 0 aliphatic heterocycles. The van der Waals surface area contributed by atoms with Gasteiger partial charge >= 0.3 is 0 Å². The molecule has 0 bridgehead atoms. The fraction of sp³-hybridized carbons (Fsp3) is 0. The zero-order valence-electron chi connectivity index (χ0n) is 27.8. The van der Waals surface area contributed by atoms with Crippen LogP contribution in [0.25, 0.3) is 89.2 Å². The summed E-state index contributed by atoms with van der Waals surface area (Å²) in [6.45, 7) is 0. The molecule has 0 aliphatic rings. The first-order chi connectivity index (χ1) is 25.8. The van der Waals surface area contributed by atoms with Gasteiger partial charge in [0.05, 0.1) is 33.3 Å². The molecule has 0 unspecified atom stereocenters. The van der Waals surface area contributed by atoms with Gasteiger partial charge in [-0.2, -0.15) is 5.26 Å². The summed E-state index contributed by atoms with van der Waals surface area (Å²) in [6.07, 6.45) is 0. The molecule has 242 valence electrons. The minimum atomic E-state index is 0.614. The Kier molecular flexibility index (Phi) is 6.76. The van der Waals surface area contributed by atoms with Crippen molar-refractivity contribution < 1.29 is 0 Å². The third kappa shape index (κ3) is 4.61. The first-order valence-electron chi connectivity index (χ1n) is 17.2. The van der Waals surface area contributed by atoms with E-state index in [1.54, 1.807) is 0 Å². The molecule has 0 fully saturated rings. The molecule has 0 atom stereocenters. The average Bonchev–Trinajstić information content (AvgIpc) is 3.74. The summed E-state index contributed by atoms with van der Waals surface area (Å²) < 4.78 is 4.59. The summed E-state index contributed by atoms with van der Waals surface area (Å²) in [7, 11) is 0. The highest BCUT2D eigenvalue weighted by molar-refractivity contribution is 6.26. The van der Waals surface area contributed by atoms with Crippen molar-refractivity contribution in [1.82, 2.24) is 24.1 Å². The number of fused-ring (bicyclic) bond motifs is 7. The van der Waals surface area contributed by atoms with Crippen LogP contribution < -0.4 is 0 Å². The molecule has 6 nitrogen and oxygen atoms in total. The van der Waals surface area contributed by atoms with E-state index in [9.17, 15) is 5.26 Å². The molecule has 10 aromatic rings. The van der Waals surface area contributed by atoms with Gasteiger partial charge in [0, 0.05) is 43.9 Å². The summed E-state index contributed by atoms with van der Waals surface area (Å²) in [5.74, 6) is 1.88. The van der Waals surface area contributed by atoms with Crippen molar-refractivity contribution in [3.05, 3.63) is 175 Å². The lowest BCUT2D eigenvalue weighted by Gasteiger charge is -2.12. The van der Waals surface area contributed by atoms with E-state index < -0.39 is 0 Å². The number of hydrogen-bond donors (Lipinski definition) is 0. The highest BCUT2D eigenvalue weighted by atomic mass is 15.0. The van der Waals surface area contributed by atoms with Gasteiger partial charge < -0.3 is 9.13 Å². The molecule has 0 saturated heterocycles. The van der Waals surface area contributed by atoms with Crippen LogP contribution in [0.4, 0.5) is 0 Å². The number of benzene rings is 7. The zero-order chi connectivity index (χ0) is 34.6. The smallest absolute Gasteiger partial charge is 0.164 e. The number of rotatable bonds is 5. The fourth-order valence-corrected chi connectivity index (χ4v) is 7.50. The number of hydrogen-bond acceptors (Lipinski definition) is 4. The van der Waals surface area contributed by atoms with Crippen LogP contribution in [0.2, 0.25) is 0 Å². The van der Waals surface area contributed by atoms with Crippen molar-refractivity contribution in [2.45, 2.75) is 0 Å². The summed E-state index contributed by atoms with van der Waals surface area (Å²) >= 11 is 0. The third-order valence-electron chi connectivity index (χ3n) is 9.82. The predicted octanol–water partition coefficient (Wildman–Crippen LogP) is 10.9. The van der Waals surface area contributed by atoms with Gasteiger partial charge in [-0.1, -0.05) is 115 Å². The summed E-state index contributed by atoms with van der Waals surface area (Å²) in [5, 5.41) is 14.7. The van der Waals surface area contributed by atoms with Gasteiger partial charge in [-0.3, -0.25) is 0 Å². The first-order valence-corrected chi connectivity index (χ1v) is 17.2. The van der Waals surface area contributed by atoms with Gasteiger partial charge in [-0.25, -0.2) is 15.0 Å². The lowest BCUT2D eigenvalue weighted by Crippen LogP contribution is -2.00. The van der Waals surface area contributed by atoms with Crippen molar-refractivity contribution in [1.29, 1.82) is 5.26 Å². The average molecular weight is 665 g/mol. The third-order valence-corrected chi connectivity index (χ3v) is 9.82. The number of nitriles is 1. The van der Waals surface area contributed by atoms with Gasteiger partial charge in [0.1, 0.15) is 6.07 Å². The number of para-hydroxylation sites is 3. The second-order valence-electron chi connectivity index (χ2n) is 12.8. The van der Waals surface area contributed by atoms with E-state index in [0.29, 0.717) is 23.0 Å². The van der Waals surface area contributed by atoms with E-state index in [-0.39, 0.29) is 0 Å². The molecule has 0 amide bonds. The predicted molar refractivity (Wildman–Crippen MR) is 210 cm³/mol. The minimum Gasteiger partial charge on any atom is -0.309 e. The van der Waals surface area contributed by atoms with Crippen molar-refractivity contribution in [3.63, 3.8) is 0 Å². The van der Waals surface area contributed by atoms with Crippen LogP contribution in [-0.2, 0) is 0 Å². The van der Waals surface area contributed by atoms with Crippen molar-refractivity contribution >= 4 is 43.6 Å². The number of nitrogens with zero attached hydrogens (tertiary/aromatic N) is 6. The summed E-state index contributed by atoms with van der Waals surface area (Å²) in [4.78, 5) is 14.8. The van der Waals surface area contributed by atoms with Crippen LogP contribution in [0.1, 0.15) is 5.56 Å². The Bertz CT molecular complexity index is 2950. The normalized spacial score (nSPS) is 11.4. The maximum Gasteiger partial charge on any atom is 0.164 e. The molecule has 0 N–H and O–H groups in total. The standard InChI is InChI=1S/C46H28N6/c47-29-33-17-7-10-20-38(33)52-40-22-12-9-19-37(40)42-41(52)28-27-36-35-18-8-11-21-39(35)51(43(36)42)34-25-23-32(24-26-34)46-49-44(30-13-3-1-4-14-30)48-45(50-46)31-15-5-2-6-16-31/h1-28H. The Morgan fingerprint density at radius 2 is 0.923 bits per heavy atom. The molecule has 3 aromatic heterocycles. The Labute approximate surface area is 299 Å². The van der Waals surface area contributed by atoms with Crippen LogP contribution in [0.3, 0.4) is 0 Å². The molecular weight excluding hydrogens is 637 g/mol. The monoisotopic (exact) mass is 664 g/mol. The van der Waals surface area contributed by atoms with E-state index >= 15 is 0 Å². The first kappa shape index (κ1) is 29.5. The van der Waals surface area contributed by atoms with Crippen molar-refractivity contribution in [2.75, 3.05) is 0 Å². The molecule has 3 heterocycles. The maximum absolute atomic E-state index is 10.1. The fourth-order valence-electron chi connectivity index (χ4n) is 7.50. The van der Waals surface area contributed by atoms with Gasteiger partial charge in [-0.15, -0.1) is 0 Å². The van der Waals surface area contributed by atoms with E-state index in [4.69, 9.17) is 15.0 Å². The lowest BCUT2D eigenvalue weighted by atomic mass is 10.1. The SMILES string of the molecule is N#Cc1ccccc1-n1c2ccccc2c2c1ccc1c3ccccc3n(-c3ccc(-c4nc(-c5ccccc5)nc(-c5ccccc5)n4)cc3)c12. The minimum absolute atomic E-state index is 0.614. The Morgan fingerprint density at radius 3 is 1.56 bits per heavy atom. The second-order valence-corrected chi connectivity index (χ2v) is 12.8. The summed E-state index contributed by atoms with van der Waals surface area (Å²) in [6, 6.07) is 60.3. The van der Waals surface area contributed by atoms with Crippen LogP contribution >= 0.6 is 0 Å². The summed E-state index contributed by atoms with van der Waals surface area (Å²) in [5.41, 5.74) is 9.63. The van der Waals surface area contributed by atoms with Gasteiger partial charge in [0.2, 0.25) is 0 Å². The Balaban J connectivity index is 1.20. The van der Waals surface area contributed by atoms with Crippen LogP contribution in [-0.4, -0.2) is 24.1 Å². The maximum atomic E-state index is 10.1. The second kappa shape index (κ2) is 11.9. The molecule has 52 heavy (non-hydrogen) atoms. The van der Waals surface area contributed by atoms with Gasteiger partial charge in [0.25, 0.3) is 0 Å². The van der Waals surface area contributed by atoms with E-state index in [1.165, 1.54) is 10.8 Å². The molecule has 10 rings (SSSR count). The van der Waals surface area contributed by atoms with Crippen molar-refractivity contribution in [3.8, 4) is 51.6 Å². The molecule has 0 aliphatic carbocycles.